The molecule has 0 aromatic heterocycles. The summed E-state index contributed by atoms with van der Waals surface area (Å²) in [5.74, 6) is 5.37. The largest absolute Gasteiger partial charge is 0.324 e. The van der Waals surface area contributed by atoms with Crippen LogP contribution < -0.4 is 11.3 Å². The zero-order chi connectivity index (χ0) is 10.7. The molecule has 0 radical (unpaired) electrons. The van der Waals surface area contributed by atoms with Crippen LogP contribution in [0.4, 0.5) is 5.69 Å². The number of nitrogen functional groups attached to an aromatic ring is 1. The van der Waals surface area contributed by atoms with Crippen molar-refractivity contribution in [1.29, 1.82) is 0 Å². The van der Waals surface area contributed by atoms with Crippen LogP contribution in [0.2, 0.25) is 0 Å². The van der Waals surface area contributed by atoms with Crippen molar-refractivity contribution in [3.8, 4) is 11.1 Å². The molecule has 0 atom stereocenters. The first kappa shape index (κ1) is 9.74. The number of hydrogen-bond acceptors (Lipinski definition) is 2. The van der Waals surface area contributed by atoms with Crippen molar-refractivity contribution in [2.75, 3.05) is 5.43 Å². The van der Waals surface area contributed by atoms with Gasteiger partial charge >= 0.3 is 0 Å². The van der Waals surface area contributed by atoms with Gasteiger partial charge in [0.25, 0.3) is 0 Å². The van der Waals surface area contributed by atoms with Crippen LogP contribution in [0.15, 0.2) is 48.5 Å². The van der Waals surface area contributed by atoms with E-state index in [1.807, 2.05) is 18.2 Å². The van der Waals surface area contributed by atoms with Gasteiger partial charge in [0.2, 0.25) is 0 Å². The minimum Gasteiger partial charge on any atom is -0.324 e. The third kappa shape index (κ3) is 2.17. The zero-order valence-electron chi connectivity index (χ0n) is 8.70. The molecule has 0 unspecified atom stereocenters. The van der Waals surface area contributed by atoms with Crippen molar-refractivity contribution in [3.05, 3.63) is 54.1 Å². The Labute approximate surface area is 89.7 Å². The molecule has 0 aliphatic rings. The van der Waals surface area contributed by atoms with E-state index in [1.54, 1.807) is 0 Å². The average Bonchev–Trinajstić information content (AvgIpc) is 2.30. The van der Waals surface area contributed by atoms with Crippen LogP contribution >= 0.6 is 0 Å². The fourth-order valence-corrected chi connectivity index (χ4v) is 1.53. The predicted octanol–water partition coefficient (Wildman–Crippen LogP) is 2.95. The second-order valence-electron chi connectivity index (χ2n) is 3.59. The minimum atomic E-state index is 0.924. The lowest BCUT2D eigenvalue weighted by Gasteiger charge is -2.05. The van der Waals surface area contributed by atoms with Crippen molar-refractivity contribution in [3.63, 3.8) is 0 Å². The molecule has 0 fully saturated rings. The van der Waals surface area contributed by atoms with Gasteiger partial charge in [0.05, 0.1) is 0 Å². The van der Waals surface area contributed by atoms with E-state index in [-0.39, 0.29) is 0 Å². The van der Waals surface area contributed by atoms with E-state index in [2.05, 4.69) is 42.7 Å². The van der Waals surface area contributed by atoms with Gasteiger partial charge in [-0.15, -0.1) is 0 Å². The van der Waals surface area contributed by atoms with Gasteiger partial charge in [0, 0.05) is 5.69 Å². The lowest BCUT2D eigenvalue weighted by Crippen LogP contribution is -2.06. The van der Waals surface area contributed by atoms with Crippen LogP contribution in [0.3, 0.4) is 0 Å². The first-order valence-corrected chi connectivity index (χ1v) is 4.93. The quantitative estimate of drug-likeness (QED) is 0.575. The molecule has 2 rings (SSSR count). The molecule has 76 valence electrons. The molecule has 0 aliphatic heterocycles. The Morgan fingerprint density at radius 1 is 0.933 bits per heavy atom. The SMILES string of the molecule is Cc1ccc(-c2cccc(NN)c2)cc1. The summed E-state index contributed by atoms with van der Waals surface area (Å²) in [6, 6.07) is 16.5. The number of anilines is 1. The van der Waals surface area contributed by atoms with Gasteiger partial charge < -0.3 is 5.43 Å². The van der Waals surface area contributed by atoms with Gasteiger partial charge in [-0.2, -0.15) is 0 Å². The third-order valence-electron chi connectivity index (χ3n) is 2.41. The van der Waals surface area contributed by atoms with Crippen molar-refractivity contribution in [2.45, 2.75) is 6.92 Å². The van der Waals surface area contributed by atoms with Crippen LogP contribution in [0.5, 0.6) is 0 Å². The molecule has 0 saturated heterocycles. The number of aryl methyl sites for hydroxylation is 1. The highest BCUT2D eigenvalue weighted by Gasteiger charge is 1.97. The van der Waals surface area contributed by atoms with E-state index in [0.29, 0.717) is 0 Å². The molecule has 2 aromatic rings. The molecule has 2 nitrogen and oxygen atoms in total. The molecule has 0 heterocycles. The van der Waals surface area contributed by atoms with Crippen LogP contribution in [-0.2, 0) is 0 Å². The number of hydrazine groups is 1. The lowest BCUT2D eigenvalue weighted by atomic mass is 10.0. The highest BCUT2D eigenvalue weighted by atomic mass is 15.2. The van der Waals surface area contributed by atoms with Gasteiger partial charge in [-0.3, -0.25) is 5.84 Å². The summed E-state index contributed by atoms with van der Waals surface area (Å²) in [4.78, 5) is 0. The topological polar surface area (TPSA) is 38.0 Å². The minimum absolute atomic E-state index is 0.924. The smallest absolute Gasteiger partial charge is 0.0491 e. The Morgan fingerprint density at radius 2 is 1.67 bits per heavy atom. The van der Waals surface area contributed by atoms with Crippen LogP contribution in [0.1, 0.15) is 5.56 Å². The second-order valence-corrected chi connectivity index (χ2v) is 3.59. The molecule has 0 spiro atoms. The Kier molecular flexibility index (Phi) is 2.70. The lowest BCUT2D eigenvalue weighted by molar-refractivity contribution is 1.35. The van der Waals surface area contributed by atoms with Crippen molar-refractivity contribution >= 4 is 5.69 Å². The van der Waals surface area contributed by atoms with Gasteiger partial charge in [-0.25, -0.2) is 0 Å². The maximum atomic E-state index is 5.37. The number of nitrogens with one attached hydrogen (secondary N) is 1. The summed E-state index contributed by atoms with van der Waals surface area (Å²) in [7, 11) is 0. The molecule has 2 heteroatoms. The molecule has 0 bridgehead atoms. The Balaban J connectivity index is 2.40. The summed E-state index contributed by atoms with van der Waals surface area (Å²) in [6.07, 6.45) is 0. The van der Waals surface area contributed by atoms with E-state index in [4.69, 9.17) is 5.84 Å². The van der Waals surface area contributed by atoms with Crippen LogP contribution in [0, 0.1) is 6.92 Å². The Hall–Kier alpha value is -1.80. The van der Waals surface area contributed by atoms with Gasteiger partial charge in [0.15, 0.2) is 0 Å². The first-order valence-electron chi connectivity index (χ1n) is 4.93. The second kappa shape index (κ2) is 4.15. The summed E-state index contributed by atoms with van der Waals surface area (Å²) >= 11 is 0. The fraction of sp³-hybridized carbons (Fsp3) is 0.0769. The third-order valence-corrected chi connectivity index (χ3v) is 2.41. The molecule has 0 saturated carbocycles. The summed E-state index contributed by atoms with van der Waals surface area (Å²) < 4.78 is 0. The maximum Gasteiger partial charge on any atom is 0.0491 e. The van der Waals surface area contributed by atoms with Gasteiger partial charge in [-0.1, -0.05) is 42.0 Å². The van der Waals surface area contributed by atoms with Crippen molar-refractivity contribution < 1.29 is 0 Å². The number of rotatable bonds is 2. The maximum absolute atomic E-state index is 5.37. The van der Waals surface area contributed by atoms with Crippen molar-refractivity contribution in [1.82, 2.24) is 0 Å². The molecule has 3 N–H and O–H groups in total. The number of nitrogens with two attached hydrogens (primary N) is 1. The molecular formula is C13H14N2. The summed E-state index contributed by atoms with van der Waals surface area (Å²) in [5.41, 5.74) is 7.22. The average molecular weight is 198 g/mol. The molecule has 15 heavy (non-hydrogen) atoms. The van der Waals surface area contributed by atoms with E-state index in [0.717, 1.165) is 5.69 Å². The first-order chi connectivity index (χ1) is 7.29. The fourth-order valence-electron chi connectivity index (χ4n) is 1.53. The van der Waals surface area contributed by atoms with E-state index >= 15 is 0 Å². The Morgan fingerprint density at radius 3 is 2.33 bits per heavy atom. The van der Waals surface area contributed by atoms with E-state index < -0.39 is 0 Å². The molecular weight excluding hydrogens is 184 g/mol. The van der Waals surface area contributed by atoms with Crippen molar-refractivity contribution in [2.24, 2.45) is 5.84 Å². The zero-order valence-corrected chi connectivity index (χ0v) is 8.70. The highest BCUT2D eigenvalue weighted by molar-refractivity contribution is 5.68. The molecule has 2 aromatic carbocycles. The monoisotopic (exact) mass is 198 g/mol. The van der Waals surface area contributed by atoms with Crippen LogP contribution in [0.25, 0.3) is 11.1 Å². The standard InChI is InChI=1S/C13H14N2/c1-10-5-7-11(8-6-10)12-3-2-4-13(9-12)15-14/h2-9,15H,14H2,1H3. The number of benzene rings is 2. The number of hydrogen-bond donors (Lipinski definition) is 2. The van der Waals surface area contributed by atoms with Gasteiger partial charge in [-0.05, 0) is 30.2 Å². The Bertz CT molecular complexity index is 446. The summed E-state index contributed by atoms with van der Waals surface area (Å²) in [5, 5.41) is 0. The predicted molar refractivity (Wildman–Crippen MR) is 64.4 cm³/mol. The normalized spacial score (nSPS) is 10.0. The van der Waals surface area contributed by atoms with Crippen LogP contribution in [-0.4, -0.2) is 0 Å². The van der Waals surface area contributed by atoms with E-state index in [9.17, 15) is 0 Å². The highest BCUT2D eigenvalue weighted by Crippen LogP contribution is 2.22. The van der Waals surface area contributed by atoms with Gasteiger partial charge in [0.1, 0.15) is 0 Å². The molecule has 0 amide bonds. The van der Waals surface area contributed by atoms with E-state index in [1.165, 1.54) is 16.7 Å². The molecule has 0 aliphatic carbocycles. The summed E-state index contributed by atoms with van der Waals surface area (Å²) in [6.45, 7) is 2.08.